The van der Waals surface area contributed by atoms with Crippen LogP contribution in [-0.2, 0) is 5.41 Å². The molecule has 2 aliphatic rings. The first-order chi connectivity index (χ1) is 31.2. The molecule has 1 atom stereocenters. The number of furan rings is 1. The van der Waals surface area contributed by atoms with Gasteiger partial charge in [0.25, 0.3) is 0 Å². The quantitative estimate of drug-likeness (QED) is 0.176. The molecule has 0 amide bonds. The Bertz CT molecular complexity index is 3870. The standard InChI is InChI=1S/C61H37NO/c1-2-14-39(15-3-1)45-33-34-52-47-31-29-43(62(42-28-27-38-13-4-5-16-41(38)35-42)44-30-32-49-48-20-7-9-26-57(48)63-58(49)37-44)36-56(47)61(55-25-12-22-50(45)60(52)55)53-23-8-6-19-46(53)51-21-10-17-40-18-11-24-54(61)59(40)51/h1-37H. The lowest BCUT2D eigenvalue weighted by atomic mass is 9.55. The molecule has 11 aromatic carbocycles. The summed E-state index contributed by atoms with van der Waals surface area (Å²) in [4.78, 5) is 2.42. The highest BCUT2D eigenvalue weighted by atomic mass is 16.3. The molecule has 12 aromatic rings. The van der Waals surface area contributed by atoms with Crippen molar-refractivity contribution in [1.29, 1.82) is 0 Å². The molecule has 2 nitrogen and oxygen atoms in total. The van der Waals surface area contributed by atoms with Gasteiger partial charge in [-0.3, -0.25) is 0 Å². The summed E-state index contributed by atoms with van der Waals surface area (Å²) >= 11 is 0. The van der Waals surface area contributed by atoms with Crippen LogP contribution in [0.2, 0.25) is 0 Å². The molecular formula is C61H37NO. The fourth-order valence-corrected chi connectivity index (χ4v) is 11.4. The normalized spacial score (nSPS) is 14.7. The van der Waals surface area contributed by atoms with E-state index in [9.17, 15) is 0 Å². The number of rotatable bonds is 4. The fraction of sp³-hybridized carbons (Fsp3) is 0.0164. The van der Waals surface area contributed by atoms with Crippen molar-refractivity contribution in [2.75, 3.05) is 4.90 Å². The maximum atomic E-state index is 6.56. The Morgan fingerprint density at radius 1 is 0.302 bits per heavy atom. The van der Waals surface area contributed by atoms with E-state index in [1.807, 2.05) is 6.07 Å². The minimum Gasteiger partial charge on any atom is -0.456 e. The molecule has 0 bridgehead atoms. The maximum absolute atomic E-state index is 6.56. The van der Waals surface area contributed by atoms with E-state index in [4.69, 9.17) is 4.42 Å². The van der Waals surface area contributed by atoms with Gasteiger partial charge in [0.05, 0.1) is 5.41 Å². The van der Waals surface area contributed by atoms with Crippen LogP contribution in [0.25, 0.3) is 87.6 Å². The van der Waals surface area contributed by atoms with E-state index in [0.29, 0.717) is 0 Å². The van der Waals surface area contributed by atoms with Crippen molar-refractivity contribution in [3.63, 3.8) is 0 Å². The van der Waals surface area contributed by atoms with Crippen LogP contribution in [0.15, 0.2) is 229 Å². The van der Waals surface area contributed by atoms with Crippen molar-refractivity contribution < 1.29 is 4.42 Å². The summed E-state index contributed by atoms with van der Waals surface area (Å²) in [5.74, 6) is 0. The molecule has 1 spiro atoms. The molecule has 63 heavy (non-hydrogen) atoms. The lowest BCUT2D eigenvalue weighted by Gasteiger charge is -2.46. The second kappa shape index (κ2) is 12.9. The van der Waals surface area contributed by atoms with Gasteiger partial charge in [-0.2, -0.15) is 0 Å². The predicted molar refractivity (Wildman–Crippen MR) is 263 cm³/mol. The molecule has 0 fully saturated rings. The molecule has 292 valence electrons. The second-order valence-electron chi connectivity index (χ2n) is 17.1. The van der Waals surface area contributed by atoms with E-state index in [1.54, 1.807) is 0 Å². The molecule has 1 unspecified atom stereocenters. The number of anilines is 3. The highest BCUT2D eigenvalue weighted by molar-refractivity contribution is 6.14. The Labute approximate surface area is 364 Å². The molecule has 0 radical (unpaired) electrons. The van der Waals surface area contributed by atoms with Crippen LogP contribution in [0.4, 0.5) is 17.1 Å². The van der Waals surface area contributed by atoms with E-state index in [0.717, 1.165) is 39.0 Å². The smallest absolute Gasteiger partial charge is 0.137 e. The molecule has 1 aromatic heterocycles. The zero-order chi connectivity index (χ0) is 41.2. The minimum atomic E-state index is -0.643. The van der Waals surface area contributed by atoms with Crippen molar-refractivity contribution in [2.45, 2.75) is 5.41 Å². The van der Waals surface area contributed by atoms with E-state index in [1.165, 1.54) is 88.0 Å². The average molecular weight is 800 g/mol. The third-order valence-corrected chi connectivity index (χ3v) is 14.0. The average Bonchev–Trinajstić information content (AvgIpc) is 3.72. The van der Waals surface area contributed by atoms with Crippen molar-refractivity contribution in [1.82, 2.24) is 0 Å². The molecule has 0 aliphatic heterocycles. The summed E-state index contributed by atoms with van der Waals surface area (Å²) in [5, 5.41) is 9.80. The maximum Gasteiger partial charge on any atom is 0.137 e. The Morgan fingerprint density at radius 2 is 0.873 bits per heavy atom. The summed E-state index contributed by atoms with van der Waals surface area (Å²) in [6.07, 6.45) is 0. The predicted octanol–water partition coefficient (Wildman–Crippen LogP) is 16.5. The lowest BCUT2D eigenvalue weighted by molar-refractivity contribution is 0.669. The van der Waals surface area contributed by atoms with Gasteiger partial charge in [0.15, 0.2) is 0 Å². The zero-order valence-corrected chi connectivity index (χ0v) is 34.2. The van der Waals surface area contributed by atoms with Crippen LogP contribution < -0.4 is 4.90 Å². The summed E-state index contributed by atoms with van der Waals surface area (Å²) in [7, 11) is 0. The Kier molecular flexibility index (Phi) is 7.07. The van der Waals surface area contributed by atoms with Crippen LogP contribution in [0, 0.1) is 0 Å². The van der Waals surface area contributed by atoms with Crippen LogP contribution in [0.3, 0.4) is 0 Å². The van der Waals surface area contributed by atoms with Gasteiger partial charge < -0.3 is 9.32 Å². The van der Waals surface area contributed by atoms with E-state index in [2.05, 4.69) is 223 Å². The number of hydrogen-bond donors (Lipinski definition) is 0. The van der Waals surface area contributed by atoms with Crippen LogP contribution >= 0.6 is 0 Å². The van der Waals surface area contributed by atoms with Gasteiger partial charge in [-0.05, 0) is 130 Å². The van der Waals surface area contributed by atoms with E-state index < -0.39 is 5.41 Å². The number of fused-ring (bicyclic) bond motifs is 12. The first kappa shape index (κ1) is 34.5. The van der Waals surface area contributed by atoms with Crippen LogP contribution in [0.1, 0.15) is 22.3 Å². The SMILES string of the molecule is c1ccc(-c2ccc3c4c(cccc24)C2(c4ccccc4-c4cccc5cccc2c45)c2cc(N(c4ccc5ccccc5c4)c4ccc5c(c4)oc4ccccc45)ccc2-3)cc1. The Balaban J connectivity index is 1.11. The van der Waals surface area contributed by atoms with Gasteiger partial charge in [0.2, 0.25) is 0 Å². The molecule has 0 saturated heterocycles. The van der Waals surface area contributed by atoms with Crippen LogP contribution in [-0.4, -0.2) is 0 Å². The van der Waals surface area contributed by atoms with Crippen molar-refractivity contribution >= 4 is 71.3 Å². The van der Waals surface area contributed by atoms with Gasteiger partial charge >= 0.3 is 0 Å². The number of hydrogen-bond acceptors (Lipinski definition) is 2. The topological polar surface area (TPSA) is 16.4 Å². The van der Waals surface area contributed by atoms with E-state index >= 15 is 0 Å². The summed E-state index contributed by atoms with van der Waals surface area (Å²) in [6, 6.07) is 83.2. The summed E-state index contributed by atoms with van der Waals surface area (Å²) in [5.41, 5.74) is 17.1. The van der Waals surface area contributed by atoms with Gasteiger partial charge in [-0.1, -0.05) is 176 Å². The monoisotopic (exact) mass is 799 g/mol. The Morgan fingerprint density at radius 3 is 1.79 bits per heavy atom. The van der Waals surface area contributed by atoms with Crippen molar-refractivity contribution in [3.8, 4) is 33.4 Å². The minimum absolute atomic E-state index is 0.643. The van der Waals surface area contributed by atoms with Gasteiger partial charge in [0.1, 0.15) is 11.2 Å². The molecule has 1 heterocycles. The highest BCUT2D eigenvalue weighted by Gasteiger charge is 2.49. The van der Waals surface area contributed by atoms with Gasteiger partial charge in [-0.15, -0.1) is 0 Å². The van der Waals surface area contributed by atoms with Gasteiger partial charge in [-0.25, -0.2) is 0 Å². The second-order valence-corrected chi connectivity index (χ2v) is 17.1. The third-order valence-electron chi connectivity index (χ3n) is 14.0. The molecule has 0 saturated carbocycles. The Hall–Kier alpha value is -8.20. The molecule has 2 aliphatic carbocycles. The lowest BCUT2D eigenvalue weighted by Crippen LogP contribution is -2.36. The molecule has 14 rings (SSSR count). The van der Waals surface area contributed by atoms with E-state index in [-0.39, 0.29) is 0 Å². The molecule has 2 heteroatoms. The number of para-hydroxylation sites is 1. The first-order valence-electron chi connectivity index (χ1n) is 21.8. The summed E-state index contributed by atoms with van der Waals surface area (Å²) in [6.45, 7) is 0. The van der Waals surface area contributed by atoms with Crippen molar-refractivity contribution in [3.05, 3.63) is 247 Å². The molecule has 0 N–H and O–H groups in total. The zero-order valence-electron chi connectivity index (χ0n) is 34.2. The fourth-order valence-electron chi connectivity index (χ4n) is 11.4. The van der Waals surface area contributed by atoms with Crippen LogP contribution in [0.5, 0.6) is 0 Å². The largest absolute Gasteiger partial charge is 0.456 e. The third kappa shape index (κ3) is 4.72. The highest BCUT2D eigenvalue weighted by Crippen LogP contribution is 2.62. The molecular weight excluding hydrogens is 763 g/mol. The van der Waals surface area contributed by atoms with Crippen molar-refractivity contribution in [2.24, 2.45) is 0 Å². The number of nitrogens with zero attached hydrogens (tertiary/aromatic N) is 1. The number of benzene rings is 11. The first-order valence-corrected chi connectivity index (χ1v) is 21.8. The summed E-state index contributed by atoms with van der Waals surface area (Å²) < 4.78 is 6.56. The van der Waals surface area contributed by atoms with Gasteiger partial charge in [0, 0.05) is 33.9 Å².